The van der Waals surface area contributed by atoms with E-state index in [4.69, 9.17) is 4.74 Å². The summed E-state index contributed by atoms with van der Waals surface area (Å²) in [6.07, 6.45) is -0.146. The van der Waals surface area contributed by atoms with Gasteiger partial charge in [0.1, 0.15) is 18.1 Å². The Morgan fingerprint density at radius 1 is 1.04 bits per heavy atom. The minimum absolute atomic E-state index is 0.146. The number of benzene rings is 2. The number of hydrogen-bond acceptors (Lipinski definition) is 4. The highest BCUT2D eigenvalue weighted by molar-refractivity contribution is 5.69. The highest BCUT2D eigenvalue weighted by Crippen LogP contribution is 2.14. The third-order valence-electron chi connectivity index (χ3n) is 3.53. The number of carbonyl (C=O) groups is 1. The number of aliphatic carboxylic acids is 1. The third-order valence-corrected chi connectivity index (χ3v) is 3.53. The molecule has 0 amide bonds. The quantitative estimate of drug-likeness (QED) is 0.723. The van der Waals surface area contributed by atoms with Crippen LogP contribution in [0.25, 0.3) is 0 Å². The van der Waals surface area contributed by atoms with Gasteiger partial charge in [0.2, 0.25) is 0 Å². The molecular weight excluding hydrogens is 306 g/mol. The lowest BCUT2D eigenvalue weighted by Crippen LogP contribution is -2.12. The Morgan fingerprint density at radius 3 is 2.38 bits per heavy atom. The van der Waals surface area contributed by atoms with E-state index in [-0.39, 0.29) is 13.0 Å². The average Bonchev–Trinajstić information content (AvgIpc) is 2.96. The van der Waals surface area contributed by atoms with Gasteiger partial charge < -0.3 is 9.84 Å². The molecule has 0 radical (unpaired) electrons. The predicted octanol–water partition coefficient (Wildman–Crippen LogP) is 2.53. The van der Waals surface area contributed by atoms with Crippen molar-refractivity contribution in [1.82, 2.24) is 15.0 Å². The van der Waals surface area contributed by atoms with Gasteiger partial charge in [0, 0.05) is 0 Å². The molecule has 24 heavy (non-hydrogen) atoms. The van der Waals surface area contributed by atoms with Gasteiger partial charge in [0.25, 0.3) is 0 Å². The monoisotopic (exact) mass is 323 g/mol. The van der Waals surface area contributed by atoms with Crippen LogP contribution in [0, 0.1) is 0 Å². The van der Waals surface area contributed by atoms with Crippen LogP contribution in [0.4, 0.5) is 0 Å². The minimum atomic E-state index is -0.924. The summed E-state index contributed by atoms with van der Waals surface area (Å²) in [7, 11) is 0. The molecule has 0 unspecified atom stereocenters. The Bertz CT molecular complexity index is 801. The van der Waals surface area contributed by atoms with Gasteiger partial charge in [-0.1, -0.05) is 53.7 Å². The maximum absolute atomic E-state index is 11.2. The van der Waals surface area contributed by atoms with E-state index in [9.17, 15) is 9.90 Å². The van der Waals surface area contributed by atoms with Gasteiger partial charge in [-0.2, -0.15) is 0 Å². The Kier molecular flexibility index (Phi) is 4.86. The summed E-state index contributed by atoms with van der Waals surface area (Å²) in [5.41, 5.74) is 2.13. The van der Waals surface area contributed by atoms with E-state index in [0.29, 0.717) is 23.7 Å². The summed E-state index contributed by atoms with van der Waals surface area (Å²) in [6, 6.07) is 19.1. The number of carboxylic acid groups (broad SMARTS) is 1. The number of carboxylic acids is 1. The fraction of sp³-hybridized carbons (Fsp3) is 0.167. The van der Waals surface area contributed by atoms with Crippen LogP contribution >= 0.6 is 0 Å². The smallest absolute Gasteiger partial charge is 0.309 e. The molecule has 3 aromatic rings. The molecule has 0 aliphatic carbocycles. The van der Waals surface area contributed by atoms with E-state index in [1.807, 2.05) is 60.7 Å². The number of hydrogen-bond donors (Lipinski definition) is 1. The van der Waals surface area contributed by atoms with Crippen molar-refractivity contribution in [1.29, 1.82) is 0 Å². The second kappa shape index (κ2) is 7.41. The van der Waals surface area contributed by atoms with Crippen LogP contribution in [0.1, 0.15) is 17.0 Å². The van der Waals surface area contributed by atoms with E-state index in [1.165, 1.54) is 0 Å². The molecule has 3 rings (SSSR count). The summed E-state index contributed by atoms with van der Waals surface area (Å²) in [4.78, 5) is 11.2. The van der Waals surface area contributed by atoms with Crippen molar-refractivity contribution in [2.24, 2.45) is 0 Å². The first-order valence-corrected chi connectivity index (χ1v) is 7.57. The van der Waals surface area contributed by atoms with Crippen LogP contribution < -0.4 is 4.74 Å². The zero-order chi connectivity index (χ0) is 16.8. The highest BCUT2D eigenvalue weighted by atomic mass is 16.5. The molecular formula is C18H17N3O3. The van der Waals surface area contributed by atoms with Gasteiger partial charge in [-0.05, 0) is 17.7 Å². The molecule has 0 aliphatic heterocycles. The summed E-state index contributed by atoms with van der Waals surface area (Å²) in [6.45, 7) is 0.656. The van der Waals surface area contributed by atoms with Gasteiger partial charge >= 0.3 is 5.97 Å². The molecule has 0 bridgehead atoms. The van der Waals surface area contributed by atoms with Gasteiger partial charge in [-0.25, -0.2) is 4.68 Å². The molecule has 122 valence electrons. The number of ether oxygens (including phenoxy) is 1. The topological polar surface area (TPSA) is 77.2 Å². The van der Waals surface area contributed by atoms with Crippen LogP contribution in [0.5, 0.6) is 5.75 Å². The molecule has 6 nitrogen and oxygen atoms in total. The molecule has 2 aromatic carbocycles. The van der Waals surface area contributed by atoms with Crippen molar-refractivity contribution < 1.29 is 14.6 Å². The Labute approximate surface area is 139 Å². The predicted molar refractivity (Wildman–Crippen MR) is 87.7 cm³/mol. The normalized spacial score (nSPS) is 10.5. The Morgan fingerprint density at radius 2 is 1.71 bits per heavy atom. The zero-order valence-corrected chi connectivity index (χ0v) is 13.0. The van der Waals surface area contributed by atoms with Crippen molar-refractivity contribution in [3.8, 4) is 5.75 Å². The first-order valence-electron chi connectivity index (χ1n) is 7.57. The van der Waals surface area contributed by atoms with Gasteiger partial charge in [-0.15, -0.1) is 5.10 Å². The summed E-state index contributed by atoms with van der Waals surface area (Å²) in [5, 5.41) is 17.4. The average molecular weight is 323 g/mol. The number of aromatic nitrogens is 3. The van der Waals surface area contributed by atoms with Crippen molar-refractivity contribution in [3.05, 3.63) is 77.6 Å². The molecule has 1 heterocycles. The molecule has 0 aliphatic rings. The summed E-state index contributed by atoms with van der Waals surface area (Å²) in [5.74, 6) is -0.219. The zero-order valence-electron chi connectivity index (χ0n) is 13.0. The minimum Gasteiger partial charge on any atom is -0.487 e. The molecule has 0 saturated heterocycles. The summed E-state index contributed by atoms with van der Waals surface area (Å²) < 4.78 is 7.29. The molecule has 0 spiro atoms. The van der Waals surface area contributed by atoms with Crippen LogP contribution in [-0.2, 0) is 24.4 Å². The molecule has 0 fully saturated rings. The van der Waals surface area contributed by atoms with Crippen LogP contribution in [0.3, 0.4) is 0 Å². The lowest BCUT2D eigenvalue weighted by atomic mass is 10.2. The second-order valence-corrected chi connectivity index (χ2v) is 5.30. The van der Waals surface area contributed by atoms with E-state index < -0.39 is 5.97 Å². The fourth-order valence-electron chi connectivity index (χ4n) is 2.37. The number of nitrogens with zero attached hydrogens (tertiary/aromatic N) is 3. The molecule has 0 atom stereocenters. The van der Waals surface area contributed by atoms with Crippen molar-refractivity contribution in [2.45, 2.75) is 19.6 Å². The third kappa shape index (κ3) is 3.98. The molecule has 0 saturated carbocycles. The standard InChI is InChI=1S/C18H17N3O3/c22-18(23)11-17-16(13-24-15-9-5-2-6-10-15)19-20-21(17)12-14-7-3-1-4-8-14/h1-10H,11-13H2,(H,22,23). The summed E-state index contributed by atoms with van der Waals surface area (Å²) >= 11 is 0. The molecule has 1 aromatic heterocycles. The van der Waals surface area contributed by atoms with Gasteiger partial charge in [-0.3, -0.25) is 4.79 Å². The van der Waals surface area contributed by atoms with Gasteiger partial charge in [0.15, 0.2) is 0 Å². The SMILES string of the molecule is O=C(O)Cc1c(COc2ccccc2)nnn1Cc1ccccc1. The van der Waals surface area contributed by atoms with Crippen molar-refractivity contribution >= 4 is 5.97 Å². The van der Waals surface area contributed by atoms with Crippen molar-refractivity contribution in [3.63, 3.8) is 0 Å². The van der Waals surface area contributed by atoms with Crippen LogP contribution in [-0.4, -0.2) is 26.1 Å². The van der Waals surface area contributed by atoms with E-state index in [0.717, 1.165) is 5.56 Å². The first kappa shape index (κ1) is 15.7. The van der Waals surface area contributed by atoms with Crippen LogP contribution in [0.15, 0.2) is 60.7 Å². The first-order chi connectivity index (χ1) is 11.7. The van der Waals surface area contributed by atoms with E-state index in [2.05, 4.69) is 10.3 Å². The number of para-hydroxylation sites is 1. The molecule has 1 N–H and O–H groups in total. The Balaban J connectivity index is 1.79. The largest absolute Gasteiger partial charge is 0.487 e. The van der Waals surface area contributed by atoms with Crippen LogP contribution in [0.2, 0.25) is 0 Å². The maximum atomic E-state index is 11.2. The van der Waals surface area contributed by atoms with Crippen molar-refractivity contribution in [2.75, 3.05) is 0 Å². The van der Waals surface area contributed by atoms with E-state index >= 15 is 0 Å². The lowest BCUT2D eigenvalue weighted by Gasteiger charge is -2.08. The van der Waals surface area contributed by atoms with E-state index in [1.54, 1.807) is 4.68 Å². The van der Waals surface area contributed by atoms with Gasteiger partial charge in [0.05, 0.1) is 18.7 Å². The Hall–Kier alpha value is -3.15. The number of rotatable bonds is 7. The maximum Gasteiger partial charge on any atom is 0.309 e. The highest BCUT2D eigenvalue weighted by Gasteiger charge is 2.17. The fourth-order valence-corrected chi connectivity index (χ4v) is 2.37. The molecule has 6 heteroatoms. The lowest BCUT2D eigenvalue weighted by molar-refractivity contribution is -0.136. The second-order valence-electron chi connectivity index (χ2n) is 5.30.